The van der Waals surface area contributed by atoms with Crippen LogP contribution in [0.15, 0.2) is 16.6 Å². The van der Waals surface area contributed by atoms with Crippen LogP contribution in [0.5, 0.6) is 0 Å². The summed E-state index contributed by atoms with van der Waals surface area (Å²) in [5.74, 6) is 0. The van der Waals surface area contributed by atoms with Gasteiger partial charge in [0.15, 0.2) is 0 Å². The van der Waals surface area contributed by atoms with Crippen molar-refractivity contribution in [2.45, 2.75) is 27.2 Å². The lowest BCUT2D eigenvalue weighted by Gasteiger charge is -2.02. The summed E-state index contributed by atoms with van der Waals surface area (Å²) in [6, 6.07) is 3.14. The molecule has 88 valence electrons. The third-order valence-corrected chi connectivity index (χ3v) is 2.52. The number of aryl methyl sites for hydroxylation is 1. The number of H-pyrrole nitrogens is 1. The zero-order valence-corrected chi connectivity index (χ0v) is 10.9. The summed E-state index contributed by atoms with van der Waals surface area (Å²) in [5.41, 5.74) is 1.25. The van der Waals surface area contributed by atoms with E-state index in [1.807, 2.05) is 13.8 Å². The standard InChI is InChI=1S/C9H7BrF2N2.C2H6/c1-4-8-6(9(11)12)2-5(10)3-7(8)14-13-4;1-2/h2-3,9H,1H3,(H,13,14);1-2H3. The quantitative estimate of drug-likeness (QED) is 0.817. The van der Waals surface area contributed by atoms with Crippen molar-refractivity contribution in [3.63, 3.8) is 0 Å². The van der Waals surface area contributed by atoms with Gasteiger partial charge in [-0.3, -0.25) is 5.10 Å². The molecule has 0 aliphatic rings. The van der Waals surface area contributed by atoms with Gasteiger partial charge in [-0.25, -0.2) is 8.78 Å². The predicted molar refractivity (Wildman–Crippen MR) is 64.8 cm³/mol. The molecular weight excluding hydrogens is 278 g/mol. The molecule has 0 aliphatic heterocycles. The van der Waals surface area contributed by atoms with Gasteiger partial charge in [-0.05, 0) is 19.1 Å². The van der Waals surface area contributed by atoms with E-state index >= 15 is 0 Å². The van der Waals surface area contributed by atoms with Crippen molar-refractivity contribution < 1.29 is 8.78 Å². The van der Waals surface area contributed by atoms with Gasteiger partial charge in [0.2, 0.25) is 0 Å². The van der Waals surface area contributed by atoms with Crippen LogP contribution in [-0.2, 0) is 0 Å². The fourth-order valence-corrected chi connectivity index (χ4v) is 1.95. The van der Waals surface area contributed by atoms with Crippen LogP contribution >= 0.6 is 15.9 Å². The second-order valence-corrected chi connectivity index (χ2v) is 3.95. The molecule has 1 aromatic heterocycles. The van der Waals surface area contributed by atoms with E-state index in [-0.39, 0.29) is 5.56 Å². The lowest BCUT2D eigenvalue weighted by atomic mass is 10.1. The number of hydrogen-bond donors (Lipinski definition) is 1. The molecule has 2 rings (SSSR count). The zero-order chi connectivity index (χ0) is 12.3. The Morgan fingerprint density at radius 3 is 2.50 bits per heavy atom. The minimum Gasteiger partial charge on any atom is -0.282 e. The number of hydrogen-bond acceptors (Lipinski definition) is 1. The molecule has 0 fully saturated rings. The molecule has 0 bridgehead atoms. The lowest BCUT2D eigenvalue weighted by Crippen LogP contribution is -1.87. The summed E-state index contributed by atoms with van der Waals surface area (Å²) in [5, 5.41) is 7.15. The number of fused-ring (bicyclic) bond motifs is 1. The van der Waals surface area contributed by atoms with Crippen LogP contribution in [0.2, 0.25) is 0 Å². The van der Waals surface area contributed by atoms with Crippen LogP contribution in [0.25, 0.3) is 10.9 Å². The second-order valence-electron chi connectivity index (χ2n) is 3.04. The summed E-state index contributed by atoms with van der Waals surface area (Å²) >= 11 is 3.17. The van der Waals surface area contributed by atoms with Gasteiger partial charge in [-0.2, -0.15) is 5.10 Å². The van der Waals surface area contributed by atoms with Crippen molar-refractivity contribution in [1.29, 1.82) is 0 Å². The van der Waals surface area contributed by atoms with Crippen LogP contribution in [-0.4, -0.2) is 10.2 Å². The van der Waals surface area contributed by atoms with Crippen molar-refractivity contribution in [3.05, 3.63) is 27.9 Å². The van der Waals surface area contributed by atoms with E-state index in [9.17, 15) is 8.78 Å². The van der Waals surface area contributed by atoms with Gasteiger partial charge in [0.1, 0.15) is 0 Å². The first kappa shape index (κ1) is 13.1. The molecule has 0 amide bonds. The van der Waals surface area contributed by atoms with Gasteiger partial charge in [0.05, 0.1) is 5.52 Å². The molecule has 0 aliphatic carbocycles. The Morgan fingerprint density at radius 1 is 1.31 bits per heavy atom. The third-order valence-electron chi connectivity index (χ3n) is 2.07. The van der Waals surface area contributed by atoms with E-state index < -0.39 is 6.43 Å². The van der Waals surface area contributed by atoms with Gasteiger partial charge < -0.3 is 0 Å². The van der Waals surface area contributed by atoms with Crippen molar-refractivity contribution in [2.24, 2.45) is 0 Å². The van der Waals surface area contributed by atoms with E-state index in [0.29, 0.717) is 21.1 Å². The number of alkyl halides is 2. The Hall–Kier alpha value is -0.970. The third kappa shape index (κ3) is 2.40. The van der Waals surface area contributed by atoms with Crippen molar-refractivity contribution in [2.75, 3.05) is 0 Å². The van der Waals surface area contributed by atoms with E-state index in [4.69, 9.17) is 0 Å². The summed E-state index contributed by atoms with van der Waals surface area (Å²) in [4.78, 5) is 0. The summed E-state index contributed by atoms with van der Waals surface area (Å²) in [6.45, 7) is 5.73. The van der Waals surface area contributed by atoms with Gasteiger partial charge in [-0.1, -0.05) is 29.8 Å². The topological polar surface area (TPSA) is 28.7 Å². The highest BCUT2D eigenvalue weighted by Crippen LogP contribution is 2.31. The van der Waals surface area contributed by atoms with E-state index in [1.54, 1.807) is 13.0 Å². The first-order valence-corrected chi connectivity index (χ1v) is 5.81. The van der Waals surface area contributed by atoms with Crippen LogP contribution < -0.4 is 0 Å². The van der Waals surface area contributed by atoms with Crippen LogP contribution in [0.3, 0.4) is 0 Å². The number of benzene rings is 1. The summed E-state index contributed by atoms with van der Waals surface area (Å²) < 4.78 is 26.0. The zero-order valence-electron chi connectivity index (χ0n) is 9.31. The van der Waals surface area contributed by atoms with Crippen molar-refractivity contribution in [3.8, 4) is 0 Å². The Kier molecular flexibility index (Phi) is 4.41. The number of aromatic amines is 1. The van der Waals surface area contributed by atoms with E-state index in [1.165, 1.54) is 6.07 Å². The van der Waals surface area contributed by atoms with Gasteiger partial charge in [0, 0.05) is 21.1 Å². The van der Waals surface area contributed by atoms with Crippen molar-refractivity contribution in [1.82, 2.24) is 10.2 Å². The molecule has 0 spiro atoms. The molecule has 2 aromatic rings. The average Bonchev–Trinajstić information content (AvgIpc) is 2.62. The molecule has 0 saturated carbocycles. The second kappa shape index (κ2) is 5.39. The van der Waals surface area contributed by atoms with Gasteiger partial charge in [-0.15, -0.1) is 0 Å². The Morgan fingerprint density at radius 2 is 1.94 bits per heavy atom. The molecule has 5 heteroatoms. The maximum atomic E-state index is 12.7. The maximum Gasteiger partial charge on any atom is 0.264 e. The number of aromatic nitrogens is 2. The summed E-state index contributed by atoms with van der Waals surface area (Å²) in [6.07, 6.45) is -2.48. The SMILES string of the molecule is CC.Cc1[nH]nc2cc(Br)cc(C(F)F)c12. The lowest BCUT2D eigenvalue weighted by molar-refractivity contribution is 0.153. The predicted octanol–water partition coefficient (Wildman–Crippen LogP) is 4.60. The Bertz CT molecular complexity index is 480. The number of nitrogens with one attached hydrogen (secondary N) is 1. The minimum atomic E-state index is -2.48. The Balaban J connectivity index is 0.000000606. The first-order chi connectivity index (χ1) is 7.59. The van der Waals surface area contributed by atoms with Gasteiger partial charge in [0.25, 0.3) is 6.43 Å². The molecule has 0 unspecified atom stereocenters. The molecule has 1 heterocycles. The van der Waals surface area contributed by atoms with E-state index in [0.717, 1.165) is 0 Å². The largest absolute Gasteiger partial charge is 0.282 e. The number of halogens is 3. The molecule has 0 atom stereocenters. The van der Waals surface area contributed by atoms with Crippen molar-refractivity contribution >= 4 is 26.8 Å². The highest BCUT2D eigenvalue weighted by atomic mass is 79.9. The van der Waals surface area contributed by atoms with Crippen LogP contribution in [0.4, 0.5) is 8.78 Å². The minimum absolute atomic E-state index is 0.0145. The number of nitrogens with zero attached hydrogens (tertiary/aromatic N) is 1. The highest BCUT2D eigenvalue weighted by molar-refractivity contribution is 9.10. The fourth-order valence-electron chi connectivity index (χ4n) is 1.48. The molecule has 0 saturated heterocycles. The molecule has 16 heavy (non-hydrogen) atoms. The van der Waals surface area contributed by atoms with Gasteiger partial charge >= 0.3 is 0 Å². The molecule has 1 aromatic carbocycles. The highest BCUT2D eigenvalue weighted by Gasteiger charge is 2.15. The maximum absolute atomic E-state index is 12.7. The number of rotatable bonds is 1. The van der Waals surface area contributed by atoms with E-state index in [2.05, 4.69) is 26.1 Å². The molecule has 0 radical (unpaired) electrons. The van der Waals surface area contributed by atoms with Crippen LogP contribution in [0.1, 0.15) is 31.5 Å². The molecule has 2 nitrogen and oxygen atoms in total. The normalized spacial score (nSPS) is 10.4. The first-order valence-electron chi connectivity index (χ1n) is 5.02. The molecule has 1 N–H and O–H groups in total. The molecular formula is C11H13BrF2N2. The monoisotopic (exact) mass is 290 g/mol. The smallest absolute Gasteiger partial charge is 0.264 e. The average molecular weight is 291 g/mol. The Labute approximate surface area is 101 Å². The fraction of sp³-hybridized carbons (Fsp3) is 0.364. The van der Waals surface area contributed by atoms with Crippen LogP contribution in [0, 0.1) is 6.92 Å². The summed E-state index contributed by atoms with van der Waals surface area (Å²) in [7, 11) is 0.